The van der Waals surface area contributed by atoms with Gasteiger partial charge in [0.05, 0.1) is 6.04 Å². The molecule has 1 aromatic carbocycles. The standard InChI is InChI=1S/C23H26N4O/c1-18-15-25-23(20-9-5-13-24-16-20)27(18)21-10-6-14-26(17-21)22(28)12-11-19-7-3-2-4-8-19/h2-5,7-9,13,15-16,21H,6,10-12,14,17H2,1H3. The zero-order chi connectivity index (χ0) is 19.3. The fraction of sp³-hybridized carbons (Fsp3) is 0.348. The van der Waals surface area contributed by atoms with Crippen molar-refractivity contribution in [2.24, 2.45) is 0 Å². The van der Waals surface area contributed by atoms with Crippen molar-refractivity contribution in [3.05, 3.63) is 72.3 Å². The van der Waals surface area contributed by atoms with Gasteiger partial charge in [-0.05, 0) is 43.9 Å². The number of aromatic nitrogens is 3. The molecule has 0 N–H and O–H groups in total. The van der Waals surface area contributed by atoms with E-state index in [9.17, 15) is 4.79 Å². The maximum absolute atomic E-state index is 12.8. The minimum atomic E-state index is 0.245. The molecule has 0 aliphatic carbocycles. The Bertz CT molecular complexity index is 920. The molecule has 0 saturated carbocycles. The second-order valence-corrected chi connectivity index (χ2v) is 7.46. The van der Waals surface area contributed by atoms with Crippen LogP contribution in [0.5, 0.6) is 0 Å². The van der Waals surface area contributed by atoms with Crippen molar-refractivity contribution in [1.82, 2.24) is 19.4 Å². The smallest absolute Gasteiger partial charge is 0.222 e. The predicted molar refractivity (Wildman–Crippen MR) is 110 cm³/mol. The molecule has 1 unspecified atom stereocenters. The van der Waals surface area contributed by atoms with Gasteiger partial charge in [-0.2, -0.15) is 0 Å². The summed E-state index contributed by atoms with van der Waals surface area (Å²) in [5, 5.41) is 0. The van der Waals surface area contributed by atoms with Crippen LogP contribution in [0, 0.1) is 6.92 Å². The number of amides is 1. The first-order chi connectivity index (χ1) is 13.7. The summed E-state index contributed by atoms with van der Waals surface area (Å²) in [6.07, 6.45) is 8.99. The number of carbonyl (C=O) groups excluding carboxylic acids is 1. The van der Waals surface area contributed by atoms with E-state index in [0.29, 0.717) is 6.42 Å². The predicted octanol–water partition coefficient (Wildman–Crippen LogP) is 4.05. The number of nitrogens with zero attached hydrogens (tertiary/aromatic N) is 4. The molecule has 4 rings (SSSR count). The van der Waals surface area contributed by atoms with Crippen molar-refractivity contribution in [2.45, 2.75) is 38.6 Å². The molecular formula is C23H26N4O. The summed E-state index contributed by atoms with van der Waals surface area (Å²) in [5.74, 6) is 1.18. The highest BCUT2D eigenvalue weighted by Crippen LogP contribution is 2.29. The maximum atomic E-state index is 12.8. The Morgan fingerprint density at radius 3 is 2.79 bits per heavy atom. The first-order valence-electron chi connectivity index (χ1n) is 9.98. The average molecular weight is 374 g/mol. The van der Waals surface area contributed by atoms with Crippen molar-refractivity contribution >= 4 is 5.91 Å². The zero-order valence-electron chi connectivity index (χ0n) is 16.3. The number of hydrogen-bond donors (Lipinski definition) is 0. The summed E-state index contributed by atoms with van der Waals surface area (Å²) >= 11 is 0. The van der Waals surface area contributed by atoms with Gasteiger partial charge in [0.25, 0.3) is 0 Å². The van der Waals surface area contributed by atoms with E-state index < -0.39 is 0 Å². The number of imidazole rings is 1. The Kier molecular flexibility index (Phi) is 5.51. The van der Waals surface area contributed by atoms with Crippen molar-refractivity contribution in [2.75, 3.05) is 13.1 Å². The van der Waals surface area contributed by atoms with E-state index >= 15 is 0 Å². The van der Waals surface area contributed by atoms with Crippen LogP contribution in [0.4, 0.5) is 0 Å². The topological polar surface area (TPSA) is 51.0 Å². The number of likely N-dealkylation sites (tertiary alicyclic amines) is 1. The van der Waals surface area contributed by atoms with Crippen LogP contribution in [0.15, 0.2) is 61.1 Å². The Labute approximate surface area is 166 Å². The van der Waals surface area contributed by atoms with E-state index in [1.807, 2.05) is 47.6 Å². The van der Waals surface area contributed by atoms with Crippen molar-refractivity contribution in [3.63, 3.8) is 0 Å². The van der Waals surface area contributed by atoms with Crippen LogP contribution >= 0.6 is 0 Å². The molecule has 5 heteroatoms. The molecule has 5 nitrogen and oxygen atoms in total. The Hall–Kier alpha value is -2.95. The first-order valence-corrected chi connectivity index (χ1v) is 9.98. The van der Waals surface area contributed by atoms with Crippen LogP contribution in [-0.2, 0) is 11.2 Å². The van der Waals surface area contributed by atoms with Gasteiger partial charge < -0.3 is 9.47 Å². The van der Waals surface area contributed by atoms with Crippen molar-refractivity contribution < 1.29 is 4.79 Å². The molecule has 1 aliphatic heterocycles. The van der Waals surface area contributed by atoms with Crippen LogP contribution < -0.4 is 0 Å². The molecule has 3 heterocycles. The second kappa shape index (κ2) is 8.38. The van der Waals surface area contributed by atoms with Gasteiger partial charge in [-0.3, -0.25) is 9.78 Å². The van der Waals surface area contributed by atoms with E-state index in [0.717, 1.165) is 49.4 Å². The molecule has 1 saturated heterocycles. The summed E-state index contributed by atoms with van der Waals surface area (Å²) in [4.78, 5) is 23.7. The SMILES string of the molecule is Cc1cnc(-c2cccnc2)n1C1CCCN(C(=O)CCc2ccccc2)C1. The molecule has 0 radical (unpaired) electrons. The highest BCUT2D eigenvalue weighted by Gasteiger charge is 2.27. The minimum absolute atomic E-state index is 0.245. The maximum Gasteiger partial charge on any atom is 0.222 e. The van der Waals surface area contributed by atoms with Gasteiger partial charge in [-0.25, -0.2) is 4.98 Å². The van der Waals surface area contributed by atoms with E-state index in [4.69, 9.17) is 0 Å². The van der Waals surface area contributed by atoms with Crippen LogP contribution in [0.1, 0.15) is 36.6 Å². The lowest BCUT2D eigenvalue weighted by Crippen LogP contribution is -2.41. The highest BCUT2D eigenvalue weighted by molar-refractivity contribution is 5.76. The summed E-state index contributed by atoms with van der Waals surface area (Å²) in [5.41, 5.74) is 3.36. The molecule has 28 heavy (non-hydrogen) atoms. The van der Waals surface area contributed by atoms with Crippen molar-refractivity contribution in [1.29, 1.82) is 0 Å². The molecule has 1 atom stereocenters. The van der Waals surface area contributed by atoms with Gasteiger partial charge in [0.1, 0.15) is 5.82 Å². The van der Waals surface area contributed by atoms with Crippen LogP contribution in [0.2, 0.25) is 0 Å². The van der Waals surface area contributed by atoms with E-state index in [1.165, 1.54) is 5.56 Å². The number of hydrogen-bond acceptors (Lipinski definition) is 3. The second-order valence-electron chi connectivity index (χ2n) is 7.46. The third kappa shape index (κ3) is 3.98. The largest absolute Gasteiger partial charge is 0.341 e. The first kappa shape index (κ1) is 18.4. The fourth-order valence-corrected chi connectivity index (χ4v) is 4.06. The Morgan fingerprint density at radius 1 is 1.14 bits per heavy atom. The number of aryl methyl sites for hydroxylation is 2. The summed E-state index contributed by atoms with van der Waals surface area (Å²) in [7, 11) is 0. The lowest BCUT2D eigenvalue weighted by Gasteiger charge is -2.35. The van der Waals surface area contributed by atoms with Crippen LogP contribution in [0.25, 0.3) is 11.4 Å². The van der Waals surface area contributed by atoms with Gasteiger partial charge in [-0.1, -0.05) is 30.3 Å². The molecule has 2 aromatic heterocycles. The molecular weight excluding hydrogens is 348 g/mol. The third-order valence-corrected chi connectivity index (χ3v) is 5.49. The molecule has 1 fully saturated rings. The van der Waals surface area contributed by atoms with E-state index in [-0.39, 0.29) is 11.9 Å². The molecule has 144 valence electrons. The van der Waals surface area contributed by atoms with Gasteiger partial charge in [0, 0.05) is 49.4 Å². The quantitative estimate of drug-likeness (QED) is 0.677. The third-order valence-electron chi connectivity index (χ3n) is 5.49. The Morgan fingerprint density at radius 2 is 2.00 bits per heavy atom. The lowest BCUT2D eigenvalue weighted by atomic mass is 10.0. The monoisotopic (exact) mass is 374 g/mol. The van der Waals surface area contributed by atoms with E-state index in [2.05, 4.69) is 33.6 Å². The fourth-order valence-electron chi connectivity index (χ4n) is 4.06. The molecule has 3 aromatic rings. The van der Waals surface area contributed by atoms with Gasteiger partial charge in [0.15, 0.2) is 0 Å². The van der Waals surface area contributed by atoms with Gasteiger partial charge >= 0.3 is 0 Å². The molecule has 0 spiro atoms. The number of carbonyl (C=O) groups is 1. The summed E-state index contributed by atoms with van der Waals surface area (Å²) in [6.45, 7) is 3.68. The van der Waals surface area contributed by atoms with Crippen LogP contribution in [0.3, 0.4) is 0 Å². The normalized spacial score (nSPS) is 16.9. The summed E-state index contributed by atoms with van der Waals surface area (Å²) in [6, 6.07) is 14.5. The Balaban J connectivity index is 1.47. The zero-order valence-corrected chi connectivity index (χ0v) is 16.3. The number of benzene rings is 1. The van der Waals surface area contributed by atoms with E-state index in [1.54, 1.807) is 6.20 Å². The number of pyridine rings is 1. The number of rotatable bonds is 5. The molecule has 0 bridgehead atoms. The van der Waals surface area contributed by atoms with Crippen LogP contribution in [-0.4, -0.2) is 38.4 Å². The van der Waals surface area contributed by atoms with Gasteiger partial charge in [-0.15, -0.1) is 0 Å². The minimum Gasteiger partial charge on any atom is -0.341 e. The number of piperidine rings is 1. The molecule has 1 aliphatic rings. The lowest BCUT2D eigenvalue weighted by molar-refractivity contribution is -0.132. The van der Waals surface area contributed by atoms with Crippen molar-refractivity contribution in [3.8, 4) is 11.4 Å². The highest BCUT2D eigenvalue weighted by atomic mass is 16.2. The molecule has 1 amide bonds. The van der Waals surface area contributed by atoms with Gasteiger partial charge in [0.2, 0.25) is 5.91 Å². The summed E-state index contributed by atoms with van der Waals surface area (Å²) < 4.78 is 2.29. The average Bonchev–Trinajstić information content (AvgIpc) is 3.15.